The Balaban J connectivity index is 0.967. The molecule has 0 saturated heterocycles. The summed E-state index contributed by atoms with van der Waals surface area (Å²) in [7, 11) is 0. The third-order valence-electron chi connectivity index (χ3n) is 13.6. The van der Waals surface area contributed by atoms with Gasteiger partial charge in [-0.25, -0.2) is 0 Å². The molecule has 0 atom stereocenters. The predicted octanol–water partition coefficient (Wildman–Crippen LogP) is 17.9. The van der Waals surface area contributed by atoms with E-state index in [1.54, 1.807) is 0 Å². The Morgan fingerprint density at radius 2 is 0.896 bits per heavy atom. The number of aryl methyl sites for hydroxylation is 1. The van der Waals surface area contributed by atoms with Crippen LogP contribution in [0.3, 0.4) is 0 Å². The summed E-state index contributed by atoms with van der Waals surface area (Å²) in [6, 6.07) is 82.7. The lowest BCUT2D eigenvalue weighted by Gasteiger charge is -2.30. The lowest BCUT2D eigenvalue weighted by atomic mass is 9.95. The van der Waals surface area contributed by atoms with E-state index in [1.807, 2.05) is 0 Å². The van der Waals surface area contributed by atoms with Gasteiger partial charge in [-0.3, -0.25) is 0 Å². The van der Waals surface area contributed by atoms with Crippen LogP contribution in [0, 0.1) is 0 Å². The van der Waals surface area contributed by atoms with Crippen LogP contribution in [0.1, 0.15) is 17.7 Å². The molecule has 10 aromatic carbocycles. The molecule has 2 heterocycles. The van der Waals surface area contributed by atoms with Gasteiger partial charge in [0.15, 0.2) is 0 Å². The lowest BCUT2D eigenvalue weighted by molar-refractivity contribution is 0.542. The van der Waals surface area contributed by atoms with E-state index >= 15 is 0 Å². The first-order chi connectivity index (χ1) is 33.2. The lowest BCUT2D eigenvalue weighted by Crippen LogP contribution is -2.19. The molecule has 0 fully saturated rings. The summed E-state index contributed by atoms with van der Waals surface area (Å²) in [6.45, 7) is 0. The quantitative estimate of drug-likeness (QED) is 0.152. The molecule has 0 amide bonds. The highest BCUT2D eigenvalue weighted by molar-refractivity contribution is 6.17. The number of furan rings is 2. The average molecular weight is 858 g/mol. The Morgan fingerprint density at radius 1 is 0.358 bits per heavy atom. The molecule has 1 aliphatic rings. The fourth-order valence-electron chi connectivity index (χ4n) is 10.3. The van der Waals surface area contributed by atoms with Crippen molar-refractivity contribution >= 4 is 61.1 Å². The van der Waals surface area contributed by atoms with Crippen LogP contribution in [-0.4, -0.2) is 0 Å². The Bertz CT molecular complexity index is 3820. The second-order valence-corrected chi connectivity index (χ2v) is 17.5. The second-order valence-electron chi connectivity index (χ2n) is 17.5. The van der Waals surface area contributed by atoms with Crippen molar-refractivity contribution < 1.29 is 8.83 Å². The van der Waals surface area contributed by atoms with Crippen LogP contribution in [0.25, 0.3) is 105 Å². The molecule has 316 valence electrons. The average Bonchev–Trinajstić information content (AvgIpc) is 3.98. The van der Waals surface area contributed by atoms with Gasteiger partial charge in [-0.15, -0.1) is 0 Å². The number of benzene rings is 10. The smallest absolute Gasteiger partial charge is 0.145 e. The zero-order chi connectivity index (χ0) is 44.3. The molecule has 12 aromatic rings. The third-order valence-corrected chi connectivity index (χ3v) is 13.6. The van der Waals surface area contributed by atoms with E-state index in [2.05, 4.69) is 241 Å². The first-order valence-electron chi connectivity index (χ1n) is 23.1. The number of hydrogen-bond acceptors (Lipinski definition) is 3. The molecule has 0 saturated carbocycles. The van der Waals surface area contributed by atoms with Gasteiger partial charge in [-0.05, 0) is 122 Å². The van der Waals surface area contributed by atoms with Gasteiger partial charge in [-0.2, -0.15) is 0 Å². The summed E-state index contributed by atoms with van der Waals surface area (Å²) < 4.78 is 13.7. The minimum absolute atomic E-state index is 0.784. The Labute approximate surface area is 389 Å². The maximum atomic E-state index is 7.04. The summed E-state index contributed by atoms with van der Waals surface area (Å²) in [6.07, 6.45) is 3.94. The molecule has 3 nitrogen and oxygen atoms in total. The van der Waals surface area contributed by atoms with E-state index in [1.165, 1.54) is 38.7 Å². The van der Waals surface area contributed by atoms with Crippen molar-refractivity contribution in [1.82, 2.24) is 0 Å². The number of nitrogens with zero attached hydrogens (tertiary/aromatic N) is 1. The summed E-state index contributed by atoms with van der Waals surface area (Å²) >= 11 is 0. The maximum Gasteiger partial charge on any atom is 0.145 e. The number of rotatable bonds is 8. The van der Waals surface area contributed by atoms with Crippen LogP contribution in [0.2, 0.25) is 0 Å². The van der Waals surface area contributed by atoms with Crippen LogP contribution in [0.4, 0.5) is 11.4 Å². The maximum absolute atomic E-state index is 7.04. The van der Waals surface area contributed by atoms with Crippen LogP contribution in [0.5, 0.6) is 0 Å². The van der Waals surface area contributed by atoms with Crippen LogP contribution < -0.4 is 4.90 Å². The highest BCUT2D eigenvalue weighted by atomic mass is 16.3. The number of allylic oxidation sites excluding steroid dienone is 1. The van der Waals surface area contributed by atoms with E-state index in [4.69, 9.17) is 8.83 Å². The van der Waals surface area contributed by atoms with Gasteiger partial charge in [0.2, 0.25) is 0 Å². The van der Waals surface area contributed by atoms with Gasteiger partial charge in [0.1, 0.15) is 22.5 Å². The van der Waals surface area contributed by atoms with Crippen LogP contribution >= 0.6 is 0 Å². The molecular weight excluding hydrogens is 815 g/mol. The van der Waals surface area contributed by atoms with Gasteiger partial charge < -0.3 is 13.7 Å². The van der Waals surface area contributed by atoms with Gasteiger partial charge in [0, 0.05) is 39.7 Å². The SMILES string of the molecule is C1=C(N(c2ccc(-c3ccc(-c4cccc5ccccc45)cc3)cc2)c2ccc(-c3ccccc3)c3oc4cc(-c5ccccc5)ccc4c23)CCc2oc3cc(-c4ccccc4)ccc3c21. The molecule has 0 aliphatic heterocycles. The van der Waals surface area contributed by atoms with Crippen molar-refractivity contribution in [3.8, 4) is 55.6 Å². The first-order valence-corrected chi connectivity index (χ1v) is 23.1. The first kappa shape index (κ1) is 38.8. The number of hydrogen-bond donors (Lipinski definition) is 0. The Kier molecular flexibility index (Phi) is 9.31. The topological polar surface area (TPSA) is 29.5 Å². The normalized spacial score (nSPS) is 12.4. The molecule has 0 spiro atoms. The summed E-state index contributed by atoms with van der Waals surface area (Å²) in [5, 5.41) is 5.80. The molecule has 67 heavy (non-hydrogen) atoms. The Hall–Kier alpha value is -8.66. The molecule has 1 aliphatic carbocycles. The van der Waals surface area contributed by atoms with Crippen LogP contribution in [0.15, 0.2) is 245 Å². The van der Waals surface area contributed by atoms with E-state index in [0.29, 0.717) is 0 Å². The van der Waals surface area contributed by atoms with Crippen molar-refractivity contribution in [2.45, 2.75) is 12.8 Å². The third kappa shape index (κ3) is 6.83. The fraction of sp³-hybridized carbons (Fsp3) is 0.0312. The molecule has 0 unspecified atom stereocenters. The monoisotopic (exact) mass is 857 g/mol. The molecule has 0 N–H and O–H groups in total. The van der Waals surface area contributed by atoms with Gasteiger partial charge in [-0.1, -0.05) is 182 Å². The van der Waals surface area contributed by atoms with Gasteiger partial charge in [0.25, 0.3) is 0 Å². The van der Waals surface area contributed by atoms with Crippen molar-refractivity contribution in [2.75, 3.05) is 4.90 Å². The molecule has 2 aromatic heterocycles. The molecule has 0 bridgehead atoms. The minimum atomic E-state index is 0.784. The van der Waals surface area contributed by atoms with Crippen molar-refractivity contribution in [2.24, 2.45) is 0 Å². The van der Waals surface area contributed by atoms with Crippen molar-refractivity contribution in [1.29, 1.82) is 0 Å². The fourth-order valence-corrected chi connectivity index (χ4v) is 10.3. The predicted molar refractivity (Wildman–Crippen MR) is 279 cm³/mol. The highest BCUT2D eigenvalue weighted by Gasteiger charge is 2.27. The van der Waals surface area contributed by atoms with Gasteiger partial charge in [0.05, 0.1) is 11.1 Å². The summed E-state index contributed by atoms with van der Waals surface area (Å²) in [5.41, 5.74) is 18.7. The van der Waals surface area contributed by atoms with Crippen molar-refractivity contribution in [3.63, 3.8) is 0 Å². The Morgan fingerprint density at radius 3 is 1.60 bits per heavy atom. The van der Waals surface area contributed by atoms with Crippen LogP contribution in [-0.2, 0) is 6.42 Å². The molecular formula is C64H43NO2. The second kappa shape index (κ2) is 16.1. The highest BCUT2D eigenvalue weighted by Crippen LogP contribution is 2.48. The van der Waals surface area contributed by atoms with Crippen molar-refractivity contribution in [3.05, 3.63) is 248 Å². The van der Waals surface area contributed by atoms with E-state index in [9.17, 15) is 0 Å². The molecule has 0 radical (unpaired) electrons. The van der Waals surface area contributed by atoms with Gasteiger partial charge >= 0.3 is 0 Å². The van der Waals surface area contributed by atoms with E-state index in [0.717, 1.165) is 102 Å². The summed E-state index contributed by atoms with van der Waals surface area (Å²) in [5.74, 6) is 1.03. The zero-order valence-electron chi connectivity index (χ0n) is 36.7. The summed E-state index contributed by atoms with van der Waals surface area (Å²) in [4.78, 5) is 2.46. The minimum Gasteiger partial charge on any atom is -0.460 e. The van der Waals surface area contributed by atoms with E-state index < -0.39 is 0 Å². The number of fused-ring (bicyclic) bond motifs is 7. The zero-order valence-corrected chi connectivity index (χ0v) is 36.7. The standard InChI is InChI=1S/C64H43NO2/c1-4-13-42(14-5-1)49-29-34-56-58-41-52(33-38-60(58)66-61(56)39-49)65(51-31-27-45(28-32-51)44-23-25-48(26-24-44)54-22-12-20-46-19-10-11-21-53(46)54)59-37-36-55(47-17-8-3-9-18-47)64-63(59)57-35-30-50(40-62(57)67-64)43-15-6-2-7-16-43/h1-32,34-37,39-41H,33,38H2. The molecule has 3 heteroatoms. The largest absolute Gasteiger partial charge is 0.460 e. The number of anilines is 2. The van der Waals surface area contributed by atoms with E-state index in [-0.39, 0.29) is 0 Å². The molecule has 13 rings (SSSR count).